The predicted molar refractivity (Wildman–Crippen MR) is 232 cm³/mol. The molecule has 0 saturated heterocycles. The Kier molecular flexibility index (Phi) is 7.70. The molecule has 270 valence electrons. The van der Waals surface area contributed by atoms with Crippen molar-refractivity contribution in [3.05, 3.63) is 228 Å². The second-order valence-electron chi connectivity index (χ2n) is 14.7. The monoisotopic (exact) mass is 739 g/mol. The predicted octanol–water partition coefficient (Wildman–Crippen LogP) is 12.2. The molecule has 5 heteroatoms. The third-order valence-electron chi connectivity index (χ3n) is 11.6. The van der Waals surface area contributed by atoms with Gasteiger partial charge in [0.15, 0.2) is 11.6 Å². The first-order valence-electron chi connectivity index (χ1n) is 19.4. The quantitative estimate of drug-likeness (QED) is 0.170. The van der Waals surface area contributed by atoms with E-state index in [0.717, 1.165) is 44.1 Å². The smallest absolute Gasteiger partial charge is 0.238 e. The first kappa shape index (κ1) is 33.4. The zero-order chi connectivity index (χ0) is 38.6. The molecule has 0 bridgehead atoms. The van der Waals surface area contributed by atoms with Gasteiger partial charge in [0, 0.05) is 21.9 Å². The molecular weight excluding hydrogens is 707 g/mol. The maximum absolute atomic E-state index is 9.59. The molecule has 8 aromatic carbocycles. The Bertz CT molecular complexity index is 3180. The summed E-state index contributed by atoms with van der Waals surface area (Å²) in [6, 6.07) is 72.3. The molecule has 2 heterocycles. The Morgan fingerprint density at radius 2 is 1.02 bits per heavy atom. The van der Waals surface area contributed by atoms with Gasteiger partial charge in [-0.3, -0.25) is 4.57 Å². The second-order valence-corrected chi connectivity index (χ2v) is 14.7. The summed E-state index contributed by atoms with van der Waals surface area (Å²) < 4.78 is 2.20. The van der Waals surface area contributed by atoms with E-state index in [-0.39, 0.29) is 0 Å². The van der Waals surface area contributed by atoms with Crippen LogP contribution >= 0.6 is 0 Å². The van der Waals surface area contributed by atoms with Gasteiger partial charge < -0.3 is 0 Å². The standard InChI is InChI=1S/C53H33N5/c54-34-35-27-29-37(30-28-35)50-55-51(39-18-14-17-38(31-39)36-15-4-1-5-16-36)57-52(56-50)58-48-26-13-11-24-43(48)45-32-44-42-23-10-12-25-46(42)53(47(44)33-49(45)58,40-19-6-2-7-20-40)41-21-8-3-9-22-41/h1-33H. The van der Waals surface area contributed by atoms with Crippen molar-refractivity contribution in [2.45, 2.75) is 5.41 Å². The van der Waals surface area contributed by atoms with Gasteiger partial charge in [0.1, 0.15) is 0 Å². The Hall–Kier alpha value is -7.94. The molecule has 58 heavy (non-hydrogen) atoms. The van der Waals surface area contributed by atoms with Crippen LogP contribution in [0.2, 0.25) is 0 Å². The Morgan fingerprint density at radius 3 is 1.74 bits per heavy atom. The van der Waals surface area contributed by atoms with Gasteiger partial charge in [0.2, 0.25) is 5.95 Å². The minimum atomic E-state index is -0.570. The Morgan fingerprint density at radius 1 is 0.414 bits per heavy atom. The number of rotatable bonds is 6. The number of para-hydroxylation sites is 1. The second kappa shape index (κ2) is 13.4. The van der Waals surface area contributed by atoms with Crippen molar-refractivity contribution in [1.29, 1.82) is 5.26 Å². The largest absolute Gasteiger partial charge is 0.278 e. The number of aromatic nitrogens is 4. The van der Waals surface area contributed by atoms with Crippen LogP contribution in [0.1, 0.15) is 27.8 Å². The van der Waals surface area contributed by atoms with E-state index in [1.54, 1.807) is 0 Å². The molecule has 1 aliphatic carbocycles. The lowest BCUT2D eigenvalue weighted by Crippen LogP contribution is -2.28. The summed E-state index contributed by atoms with van der Waals surface area (Å²) in [5.74, 6) is 1.60. The van der Waals surface area contributed by atoms with Crippen molar-refractivity contribution in [2.24, 2.45) is 0 Å². The van der Waals surface area contributed by atoms with Gasteiger partial charge in [0.25, 0.3) is 0 Å². The molecule has 0 fully saturated rings. The first-order chi connectivity index (χ1) is 28.7. The highest BCUT2D eigenvalue weighted by Crippen LogP contribution is 2.57. The van der Waals surface area contributed by atoms with Gasteiger partial charge in [-0.15, -0.1) is 0 Å². The maximum atomic E-state index is 9.59. The van der Waals surface area contributed by atoms with Crippen molar-refractivity contribution >= 4 is 21.8 Å². The van der Waals surface area contributed by atoms with Gasteiger partial charge >= 0.3 is 0 Å². The molecule has 2 aromatic heterocycles. The zero-order valence-corrected chi connectivity index (χ0v) is 31.3. The van der Waals surface area contributed by atoms with E-state index in [1.165, 1.54) is 33.4 Å². The fourth-order valence-electron chi connectivity index (χ4n) is 9.00. The van der Waals surface area contributed by atoms with Crippen LogP contribution in [0, 0.1) is 11.3 Å². The van der Waals surface area contributed by atoms with Crippen LogP contribution in [0.3, 0.4) is 0 Å². The topological polar surface area (TPSA) is 67.4 Å². The van der Waals surface area contributed by atoms with Gasteiger partial charge in [-0.25, -0.2) is 4.98 Å². The highest BCUT2D eigenvalue weighted by molar-refractivity contribution is 6.12. The van der Waals surface area contributed by atoms with Crippen LogP contribution < -0.4 is 0 Å². The Labute approximate surface area is 335 Å². The third-order valence-corrected chi connectivity index (χ3v) is 11.6. The van der Waals surface area contributed by atoms with Crippen LogP contribution in [0.25, 0.3) is 72.8 Å². The fourth-order valence-corrected chi connectivity index (χ4v) is 9.00. The first-order valence-corrected chi connectivity index (χ1v) is 19.4. The zero-order valence-electron chi connectivity index (χ0n) is 31.3. The Balaban J connectivity index is 1.22. The highest BCUT2D eigenvalue weighted by atomic mass is 15.2. The lowest BCUT2D eigenvalue weighted by Gasteiger charge is -2.34. The van der Waals surface area contributed by atoms with Gasteiger partial charge in [-0.2, -0.15) is 15.2 Å². The third kappa shape index (κ3) is 5.13. The lowest BCUT2D eigenvalue weighted by molar-refractivity contribution is 0.769. The molecule has 0 spiro atoms. The number of nitrogens with zero attached hydrogens (tertiary/aromatic N) is 5. The van der Waals surface area contributed by atoms with Gasteiger partial charge in [-0.05, 0) is 93.0 Å². The molecule has 0 radical (unpaired) electrons. The highest BCUT2D eigenvalue weighted by Gasteiger charge is 2.46. The maximum Gasteiger partial charge on any atom is 0.238 e. The molecule has 0 N–H and O–H groups in total. The van der Waals surface area contributed by atoms with E-state index in [4.69, 9.17) is 15.0 Å². The van der Waals surface area contributed by atoms with Crippen LogP contribution in [0.5, 0.6) is 0 Å². The van der Waals surface area contributed by atoms with E-state index < -0.39 is 5.41 Å². The molecule has 0 saturated carbocycles. The molecule has 0 atom stereocenters. The summed E-state index contributed by atoms with van der Waals surface area (Å²) in [6.45, 7) is 0. The normalized spacial score (nSPS) is 12.6. The summed E-state index contributed by atoms with van der Waals surface area (Å²) in [6.07, 6.45) is 0. The number of fused-ring (bicyclic) bond motifs is 6. The molecule has 0 aliphatic heterocycles. The van der Waals surface area contributed by atoms with Crippen molar-refractivity contribution < 1.29 is 0 Å². The number of hydrogen-bond acceptors (Lipinski definition) is 4. The van der Waals surface area contributed by atoms with Gasteiger partial charge in [-0.1, -0.05) is 152 Å². The number of benzene rings is 8. The molecular formula is C53H33N5. The van der Waals surface area contributed by atoms with E-state index in [0.29, 0.717) is 23.2 Å². The number of nitriles is 1. The van der Waals surface area contributed by atoms with E-state index in [9.17, 15) is 5.26 Å². The average Bonchev–Trinajstić information content (AvgIpc) is 3.79. The van der Waals surface area contributed by atoms with Crippen molar-refractivity contribution in [2.75, 3.05) is 0 Å². The average molecular weight is 740 g/mol. The summed E-state index contributed by atoms with van der Waals surface area (Å²) >= 11 is 0. The van der Waals surface area contributed by atoms with Crippen LogP contribution in [0.4, 0.5) is 0 Å². The SMILES string of the molecule is N#Cc1ccc(-c2nc(-c3cccc(-c4ccccc4)c3)nc(-n3c4ccccc4c4cc5c(cc43)C(c3ccccc3)(c3ccccc3)c3ccccc3-5)n2)cc1. The van der Waals surface area contributed by atoms with Crippen molar-refractivity contribution in [3.8, 4) is 57.0 Å². The lowest BCUT2D eigenvalue weighted by atomic mass is 9.67. The van der Waals surface area contributed by atoms with E-state index >= 15 is 0 Å². The van der Waals surface area contributed by atoms with E-state index in [1.807, 2.05) is 42.5 Å². The fraction of sp³-hybridized carbons (Fsp3) is 0.0189. The van der Waals surface area contributed by atoms with Crippen molar-refractivity contribution in [3.63, 3.8) is 0 Å². The summed E-state index contributed by atoms with van der Waals surface area (Å²) in [5, 5.41) is 11.8. The molecule has 10 aromatic rings. The molecule has 0 unspecified atom stereocenters. The van der Waals surface area contributed by atoms with Crippen molar-refractivity contribution in [1.82, 2.24) is 19.5 Å². The van der Waals surface area contributed by atoms with Crippen LogP contribution in [0.15, 0.2) is 200 Å². The molecule has 1 aliphatic rings. The molecule has 11 rings (SSSR count). The van der Waals surface area contributed by atoms with Crippen LogP contribution in [-0.2, 0) is 5.41 Å². The summed E-state index contributed by atoms with van der Waals surface area (Å²) in [7, 11) is 0. The number of hydrogen-bond donors (Lipinski definition) is 0. The van der Waals surface area contributed by atoms with Gasteiger partial charge in [0.05, 0.1) is 28.1 Å². The van der Waals surface area contributed by atoms with Crippen LogP contribution in [-0.4, -0.2) is 19.5 Å². The molecule has 0 amide bonds. The summed E-state index contributed by atoms with van der Waals surface area (Å²) in [4.78, 5) is 15.7. The van der Waals surface area contributed by atoms with E-state index in [2.05, 4.69) is 168 Å². The summed E-state index contributed by atoms with van der Waals surface area (Å²) in [5.41, 5.74) is 13.2. The molecule has 5 nitrogen and oxygen atoms in total. The minimum Gasteiger partial charge on any atom is -0.278 e. The minimum absolute atomic E-state index is 0.515.